The molecule has 1 amide bonds. The quantitative estimate of drug-likeness (QED) is 0.797. The van der Waals surface area contributed by atoms with Gasteiger partial charge < -0.3 is 10.1 Å². The lowest BCUT2D eigenvalue weighted by molar-refractivity contribution is 0.242. The van der Waals surface area contributed by atoms with Crippen molar-refractivity contribution < 1.29 is 9.53 Å². The van der Waals surface area contributed by atoms with Crippen LogP contribution >= 0.6 is 0 Å². The first-order valence-corrected chi connectivity index (χ1v) is 7.69. The van der Waals surface area contributed by atoms with Crippen LogP contribution in [0.2, 0.25) is 0 Å². The topological polar surface area (TPSA) is 81.9 Å². The fourth-order valence-electron chi connectivity index (χ4n) is 2.47. The van der Waals surface area contributed by atoms with Gasteiger partial charge in [-0.15, -0.1) is 0 Å². The number of carbonyl (C=O) groups excluding carboxylic acids is 1. The molecule has 0 fully saturated rings. The Bertz CT molecular complexity index is 858. The van der Waals surface area contributed by atoms with Gasteiger partial charge in [-0.1, -0.05) is 13.8 Å². The number of nitrogens with zero attached hydrogens (tertiary/aromatic N) is 4. The van der Waals surface area contributed by atoms with Gasteiger partial charge in [0.15, 0.2) is 5.75 Å². The molecule has 0 aliphatic heterocycles. The third-order valence-electron chi connectivity index (χ3n) is 3.63. The predicted molar refractivity (Wildman–Crippen MR) is 90.9 cm³/mol. The van der Waals surface area contributed by atoms with Crippen molar-refractivity contribution in [2.45, 2.75) is 13.8 Å². The van der Waals surface area contributed by atoms with Crippen LogP contribution in [0.1, 0.15) is 13.8 Å². The van der Waals surface area contributed by atoms with Gasteiger partial charge >= 0.3 is 6.03 Å². The molecule has 1 aromatic carbocycles. The van der Waals surface area contributed by atoms with Crippen molar-refractivity contribution in [3.05, 3.63) is 37.2 Å². The molecule has 0 spiro atoms. The first-order valence-electron chi connectivity index (χ1n) is 7.69. The van der Waals surface area contributed by atoms with E-state index in [1.807, 2.05) is 26.0 Å². The molecule has 2 heterocycles. The largest absolute Gasteiger partial charge is 0.494 e. The molecule has 2 aromatic heterocycles. The smallest absolute Gasteiger partial charge is 0.327 e. The fraction of sp³-hybridized carbons (Fsp3) is 0.294. The number of aromatic nitrogens is 4. The summed E-state index contributed by atoms with van der Waals surface area (Å²) in [7, 11) is 1.58. The minimum atomic E-state index is -0.205. The summed E-state index contributed by atoms with van der Waals surface area (Å²) < 4.78 is 7.03. The Hall–Kier alpha value is -2.96. The molecule has 0 unspecified atom stereocenters. The van der Waals surface area contributed by atoms with E-state index in [4.69, 9.17) is 4.74 Å². The number of carbonyl (C=O) groups is 1. The number of benzene rings is 1. The first-order chi connectivity index (χ1) is 11.6. The average molecular weight is 325 g/mol. The van der Waals surface area contributed by atoms with Crippen molar-refractivity contribution in [2.75, 3.05) is 13.7 Å². The molecular formula is C17H19N5O2. The van der Waals surface area contributed by atoms with Crippen molar-refractivity contribution >= 4 is 17.1 Å². The number of nitrogens with one attached hydrogen (secondary N) is 1. The molecule has 0 aliphatic carbocycles. The Morgan fingerprint density at radius 2 is 2.04 bits per heavy atom. The molecule has 3 rings (SSSR count). The fourth-order valence-corrected chi connectivity index (χ4v) is 2.47. The maximum absolute atomic E-state index is 12.3. The standard InChI is InChI=1S/C17H19N5O2/c1-11(2)6-20-17(23)22-10-21-15-14(22)5-4-13(16(15)24-3)12-7-18-9-19-8-12/h4-5,7-11H,6H2,1-3H3,(H,20,23). The molecule has 124 valence electrons. The number of hydrogen-bond acceptors (Lipinski definition) is 5. The van der Waals surface area contributed by atoms with E-state index in [0.29, 0.717) is 29.2 Å². The number of imidazole rings is 1. The molecule has 0 saturated carbocycles. The van der Waals surface area contributed by atoms with E-state index < -0.39 is 0 Å². The lowest BCUT2D eigenvalue weighted by Crippen LogP contribution is -2.31. The van der Waals surface area contributed by atoms with Crippen molar-refractivity contribution in [1.82, 2.24) is 24.8 Å². The minimum absolute atomic E-state index is 0.205. The summed E-state index contributed by atoms with van der Waals surface area (Å²) in [5, 5.41) is 2.88. The molecule has 0 aliphatic rings. The summed E-state index contributed by atoms with van der Waals surface area (Å²) in [4.78, 5) is 24.8. The summed E-state index contributed by atoms with van der Waals surface area (Å²) >= 11 is 0. The van der Waals surface area contributed by atoms with Crippen LogP contribution in [-0.4, -0.2) is 39.2 Å². The molecule has 3 aromatic rings. The van der Waals surface area contributed by atoms with E-state index in [2.05, 4.69) is 20.3 Å². The summed E-state index contributed by atoms with van der Waals surface area (Å²) in [5.74, 6) is 0.973. The Morgan fingerprint density at radius 1 is 1.29 bits per heavy atom. The number of methoxy groups -OCH3 is 1. The van der Waals surface area contributed by atoms with Crippen LogP contribution in [0.15, 0.2) is 37.2 Å². The second kappa shape index (κ2) is 6.66. The van der Waals surface area contributed by atoms with E-state index in [1.54, 1.807) is 19.5 Å². The van der Waals surface area contributed by atoms with Gasteiger partial charge in [0, 0.05) is 30.1 Å². The second-order valence-corrected chi connectivity index (χ2v) is 5.84. The Morgan fingerprint density at radius 3 is 2.71 bits per heavy atom. The Balaban J connectivity index is 2.04. The molecule has 24 heavy (non-hydrogen) atoms. The zero-order valence-corrected chi connectivity index (χ0v) is 13.9. The van der Waals surface area contributed by atoms with Crippen LogP contribution in [0.3, 0.4) is 0 Å². The highest BCUT2D eigenvalue weighted by Crippen LogP contribution is 2.35. The van der Waals surface area contributed by atoms with Gasteiger partial charge in [-0.2, -0.15) is 0 Å². The number of rotatable bonds is 4. The van der Waals surface area contributed by atoms with E-state index in [1.165, 1.54) is 17.2 Å². The zero-order chi connectivity index (χ0) is 17.1. The maximum atomic E-state index is 12.3. The van der Waals surface area contributed by atoms with Crippen LogP contribution in [-0.2, 0) is 0 Å². The molecule has 7 heteroatoms. The molecule has 7 nitrogen and oxygen atoms in total. The lowest BCUT2D eigenvalue weighted by atomic mass is 10.1. The molecular weight excluding hydrogens is 306 g/mol. The second-order valence-electron chi connectivity index (χ2n) is 5.84. The predicted octanol–water partition coefficient (Wildman–Crippen LogP) is 2.72. The number of hydrogen-bond donors (Lipinski definition) is 1. The van der Waals surface area contributed by atoms with Crippen LogP contribution in [0.25, 0.3) is 22.2 Å². The van der Waals surface area contributed by atoms with E-state index in [-0.39, 0.29) is 6.03 Å². The summed E-state index contributed by atoms with van der Waals surface area (Å²) in [6.07, 6.45) is 6.41. The maximum Gasteiger partial charge on any atom is 0.327 e. The normalized spacial score (nSPS) is 11.0. The highest BCUT2D eigenvalue weighted by atomic mass is 16.5. The molecule has 0 atom stereocenters. The summed E-state index contributed by atoms with van der Waals surface area (Å²) in [6, 6.07) is 3.53. The first kappa shape index (κ1) is 15.9. The van der Waals surface area contributed by atoms with Crippen molar-refractivity contribution in [2.24, 2.45) is 5.92 Å². The van der Waals surface area contributed by atoms with Crippen LogP contribution in [0.4, 0.5) is 4.79 Å². The van der Waals surface area contributed by atoms with Gasteiger partial charge in [0.1, 0.15) is 18.2 Å². The lowest BCUT2D eigenvalue weighted by Gasteiger charge is -2.11. The van der Waals surface area contributed by atoms with Gasteiger partial charge in [0.05, 0.1) is 12.6 Å². The molecule has 0 bridgehead atoms. The van der Waals surface area contributed by atoms with Gasteiger partial charge in [-0.3, -0.25) is 4.57 Å². The zero-order valence-electron chi connectivity index (χ0n) is 13.9. The SMILES string of the molecule is COc1c(-c2cncnc2)ccc2c1ncn2C(=O)NCC(C)C. The Kier molecular flexibility index (Phi) is 4.41. The van der Waals surface area contributed by atoms with Gasteiger partial charge in [-0.05, 0) is 18.1 Å². The number of fused-ring (bicyclic) bond motifs is 1. The van der Waals surface area contributed by atoms with E-state index in [0.717, 1.165) is 11.1 Å². The van der Waals surface area contributed by atoms with Gasteiger partial charge in [0.25, 0.3) is 0 Å². The van der Waals surface area contributed by atoms with Gasteiger partial charge in [0.2, 0.25) is 0 Å². The van der Waals surface area contributed by atoms with Gasteiger partial charge in [-0.25, -0.2) is 19.7 Å². The molecule has 0 saturated heterocycles. The van der Waals surface area contributed by atoms with E-state index >= 15 is 0 Å². The van der Waals surface area contributed by atoms with Crippen LogP contribution in [0, 0.1) is 5.92 Å². The van der Waals surface area contributed by atoms with Crippen LogP contribution < -0.4 is 10.1 Å². The summed E-state index contributed by atoms with van der Waals surface area (Å²) in [5.41, 5.74) is 2.97. The highest BCUT2D eigenvalue weighted by molar-refractivity contribution is 5.95. The summed E-state index contributed by atoms with van der Waals surface area (Å²) in [6.45, 7) is 4.70. The average Bonchev–Trinajstić information content (AvgIpc) is 3.03. The highest BCUT2D eigenvalue weighted by Gasteiger charge is 2.17. The monoisotopic (exact) mass is 325 g/mol. The number of amides is 1. The third kappa shape index (κ3) is 2.92. The van der Waals surface area contributed by atoms with Crippen molar-refractivity contribution in [1.29, 1.82) is 0 Å². The van der Waals surface area contributed by atoms with Crippen LogP contribution in [0.5, 0.6) is 5.75 Å². The molecule has 1 N–H and O–H groups in total. The number of ether oxygens (including phenoxy) is 1. The Labute approximate surface area is 139 Å². The van der Waals surface area contributed by atoms with Crippen molar-refractivity contribution in [3.63, 3.8) is 0 Å². The third-order valence-corrected chi connectivity index (χ3v) is 3.63. The molecule has 0 radical (unpaired) electrons. The minimum Gasteiger partial charge on any atom is -0.494 e. The van der Waals surface area contributed by atoms with Crippen molar-refractivity contribution in [3.8, 4) is 16.9 Å². The van der Waals surface area contributed by atoms with E-state index in [9.17, 15) is 4.79 Å².